The largest absolute Gasteiger partial charge is 0.459 e. The molecule has 0 fully saturated rings. The van der Waals surface area contributed by atoms with Crippen molar-refractivity contribution in [3.05, 3.63) is 65.7 Å². The highest BCUT2D eigenvalue weighted by atomic mass is 127. The van der Waals surface area contributed by atoms with E-state index < -0.39 is 5.82 Å². The first-order valence-electron chi connectivity index (χ1n) is 8.54. The summed E-state index contributed by atoms with van der Waals surface area (Å²) in [6, 6.07) is 13.6. The number of benzene rings is 2. The molecule has 3 N–H and O–H groups in total. The average Bonchev–Trinajstić information content (AvgIpc) is 2.98. The van der Waals surface area contributed by atoms with Gasteiger partial charge in [-0.2, -0.15) is 0 Å². The molecule has 0 aliphatic rings. The van der Waals surface area contributed by atoms with Crippen molar-refractivity contribution in [1.82, 2.24) is 10.6 Å². The molecule has 6 nitrogen and oxygen atoms in total. The molecule has 0 saturated carbocycles. The third-order valence-electron chi connectivity index (χ3n) is 4.11. The molecule has 1 amide bonds. The number of furan rings is 1. The number of aliphatic imine (C=N–C) groups is 1. The third-order valence-corrected chi connectivity index (χ3v) is 4.11. The van der Waals surface area contributed by atoms with Crippen LogP contribution in [-0.4, -0.2) is 25.5 Å². The maximum Gasteiger partial charge on any atom is 0.243 e. The first-order valence-corrected chi connectivity index (χ1v) is 8.54. The van der Waals surface area contributed by atoms with Crippen molar-refractivity contribution in [2.75, 3.05) is 18.9 Å². The van der Waals surface area contributed by atoms with Crippen LogP contribution in [0.25, 0.3) is 11.0 Å². The summed E-state index contributed by atoms with van der Waals surface area (Å²) < 4.78 is 19.0. The summed E-state index contributed by atoms with van der Waals surface area (Å²) in [6.45, 7) is 2.44. The Kier molecular flexibility index (Phi) is 7.80. The molecule has 3 rings (SSSR count). The second-order valence-corrected chi connectivity index (χ2v) is 5.98. The lowest BCUT2D eigenvalue weighted by molar-refractivity contribution is -0.115. The number of para-hydroxylation sites is 1. The molecule has 148 valence electrons. The number of carbonyl (C=O) groups is 1. The molecular formula is C20H22FIN4O2. The molecule has 8 heteroatoms. The van der Waals surface area contributed by atoms with Gasteiger partial charge in [0, 0.05) is 23.7 Å². The van der Waals surface area contributed by atoms with Gasteiger partial charge in [0.1, 0.15) is 17.2 Å². The van der Waals surface area contributed by atoms with Gasteiger partial charge < -0.3 is 20.4 Å². The number of nitrogens with zero attached hydrogens (tertiary/aromatic N) is 1. The Labute approximate surface area is 179 Å². The number of fused-ring (bicyclic) bond motifs is 1. The molecule has 0 atom stereocenters. The van der Waals surface area contributed by atoms with Gasteiger partial charge >= 0.3 is 0 Å². The summed E-state index contributed by atoms with van der Waals surface area (Å²) in [5, 5.41) is 9.74. The molecule has 3 aromatic rings. The first kappa shape index (κ1) is 21.7. The highest BCUT2D eigenvalue weighted by molar-refractivity contribution is 14.0. The topological polar surface area (TPSA) is 78.7 Å². The van der Waals surface area contributed by atoms with Crippen LogP contribution >= 0.6 is 24.0 Å². The van der Waals surface area contributed by atoms with Gasteiger partial charge in [-0.1, -0.05) is 24.3 Å². The summed E-state index contributed by atoms with van der Waals surface area (Å²) in [7, 11) is 1.62. The monoisotopic (exact) mass is 496 g/mol. The highest BCUT2D eigenvalue weighted by Gasteiger charge is 2.11. The second-order valence-electron chi connectivity index (χ2n) is 5.98. The third kappa shape index (κ3) is 5.44. The summed E-state index contributed by atoms with van der Waals surface area (Å²) in [6.07, 6.45) is 0. The average molecular weight is 496 g/mol. The number of guanidine groups is 1. The lowest BCUT2D eigenvalue weighted by Gasteiger charge is -2.11. The number of halogens is 2. The van der Waals surface area contributed by atoms with Crippen molar-refractivity contribution in [2.45, 2.75) is 13.5 Å². The summed E-state index contributed by atoms with van der Waals surface area (Å²) >= 11 is 0. The minimum Gasteiger partial charge on any atom is -0.459 e. The summed E-state index contributed by atoms with van der Waals surface area (Å²) in [5.41, 5.74) is 2.31. The van der Waals surface area contributed by atoms with Gasteiger partial charge in [0.2, 0.25) is 5.91 Å². The molecule has 0 aliphatic heterocycles. The maximum absolute atomic E-state index is 13.2. The minimum atomic E-state index is -0.403. The van der Waals surface area contributed by atoms with Crippen LogP contribution in [-0.2, 0) is 11.3 Å². The normalized spacial score (nSPS) is 11.0. The van der Waals surface area contributed by atoms with Crippen molar-refractivity contribution in [2.24, 2.45) is 4.99 Å². The van der Waals surface area contributed by atoms with Gasteiger partial charge in [0.25, 0.3) is 0 Å². The zero-order valence-electron chi connectivity index (χ0n) is 15.6. The smallest absolute Gasteiger partial charge is 0.243 e. The predicted molar refractivity (Wildman–Crippen MR) is 120 cm³/mol. The lowest BCUT2D eigenvalue weighted by Crippen LogP contribution is -2.41. The van der Waals surface area contributed by atoms with Crippen LogP contribution in [0.2, 0.25) is 0 Å². The molecular weight excluding hydrogens is 474 g/mol. The Balaban J connectivity index is 0.00000280. The molecule has 2 aromatic carbocycles. The van der Waals surface area contributed by atoms with E-state index in [1.54, 1.807) is 13.1 Å². The predicted octanol–water partition coefficient (Wildman–Crippen LogP) is 3.80. The van der Waals surface area contributed by atoms with Crippen molar-refractivity contribution in [3.8, 4) is 0 Å². The van der Waals surface area contributed by atoms with Gasteiger partial charge in [0.15, 0.2) is 5.96 Å². The standard InChI is InChI=1S/C20H21FN4O2.HI/c1-13-16-8-3-4-9-17(16)27-18(13)11-23-20(22-2)24-12-19(26)25-15-7-5-6-14(21)10-15;/h3-10H,11-12H2,1-2H3,(H,25,26)(H2,22,23,24);1H. The fraction of sp³-hybridized carbons (Fsp3) is 0.200. The van der Waals surface area contributed by atoms with E-state index in [9.17, 15) is 9.18 Å². The van der Waals surface area contributed by atoms with E-state index >= 15 is 0 Å². The van der Waals surface area contributed by atoms with E-state index in [1.165, 1.54) is 18.2 Å². The number of hydrogen-bond donors (Lipinski definition) is 3. The molecule has 1 aromatic heterocycles. The minimum absolute atomic E-state index is 0. The Bertz CT molecular complexity index is 987. The van der Waals surface area contributed by atoms with Gasteiger partial charge in [0.05, 0.1) is 13.1 Å². The number of nitrogens with one attached hydrogen (secondary N) is 3. The lowest BCUT2D eigenvalue weighted by atomic mass is 10.1. The van der Waals surface area contributed by atoms with Crippen molar-refractivity contribution in [1.29, 1.82) is 0 Å². The van der Waals surface area contributed by atoms with E-state index in [1.807, 2.05) is 31.2 Å². The van der Waals surface area contributed by atoms with Crippen LogP contribution in [0.1, 0.15) is 11.3 Å². The van der Waals surface area contributed by atoms with Crippen LogP contribution < -0.4 is 16.0 Å². The Morgan fingerprint density at radius 1 is 1.14 bits per heavy atom. The molecule has 0 saturated heterocycles. The number of amides is 1. The van der Waals surface area contributed by atoms with Gasteiger partial charge in [-0.05, 0) is 31.2 Å². The zero-order valence-corrected chi connectivity index (χ0v) is 17.9. The Morgan fingerprint density at radius 2 is 1.93 bits per heavy atom. The molecule has 0 aliphatic carbocycles. The maximum atomic E-state index is 13.2. The van der Waals surface area contributed by atoms with E-state index in [2.05, 4.69) is 20.9 Å². The first-order chi connectivity index (χ1) is 13.1. The SMILES string of the molecule is CN=C(NCC(=O)Nc1cccc(F)c1)NCc1oc2ccccc2c1C.I. The van der Waals surface area contributed by atoms with Crippen LogP contribution in [0, 0.1) is 12.7 Å². The summed E-state index contributed by atoms with van der Waals surface area (Å²) in [4.78, 5) is 16.1. The number of rotatable bonds is 5. The summed E-state index contributed by atoms with van der Waals surface area (Å²) in [5.74, 6) is 0.565. The molecule has 0 spiro atoms. The number of anilines is 1. The number of hydrogen-bond acceptors (Lipinski definition) is 3. The van der Waals surface area contributed by atoms with Crippen molar-refractivity contribution >= 4 is 52.5 Å². The highest BCUT2D eigenvalue weighted by Crippen LogP contribution is 2.24. The molecule has 0 unspecified atom stereocenters. The zero-order chi connectivity index (χ0) is 19.2. The molecule has 28 heavy (non-hydrogen) atoms. The van der Waals surface area contributed by atoms with Gasteiger partial charge in [-0.15, -0.1) is 24.0 Å². The van der Waals surface area contributed by atoms with Gasteiger partial charge in [-0.25, -0.2) is 4.39 Å². The van der Waals surface area contributed by atoms with Crippen LogP contribution in [0.15, 0.2) is 57.9 Å². The van der Waals surface area contributed by atoms with Gasteiger partial charge in [-0.3, -0.25) is 9.79 Å². The number of aryl methyl sites for hydroxylation is 1. The van der Waals surface area contributed by atoms with Crippen LogP contribution in [0.5, 0.6) is 0 Å². The van der Waals surface area contributed by atoms with E-state index in [4.69, 9.17) is 4.42 Å². The van der Waals surface area contributed by atoms with Crippen LogP contribution in [0.3, 0.4) is 0 Å². The Hall–Kier alpha value is -2.62. The Morgan fingerprint density at radius 3 is 2.64 bits per heavy atom. The molecule has 0 radical (unpaired) electrons. The fourth-order valence-electron chi connectivity index (χ4n) is 2.71. The van der Waals surface area contributed by atoms with E-state index in [0.717, 1.165) is 22.3 Å². The molecule has 0 bridgehead atoms. The second kappa shape index (κ2) is 10.1. The quantitative estimate of drug-likeness (QED) is 0.285. The van der Waals surface area contributed by atoms with E-state index in [-0.39, 0.29) is 36.4 Å². The number of carbonyl (C=O) groups excluding carboxylic acids is 1. The van der Waals surface area contributed by atoms with E-state index in [0.29, 0.717) is 18.2 Å². The van der Waals surface area contributed by atoms with Crippen LogP contribution in [0.4, 0.5) is 10.1 Å². The molecule has 1 heterocycles. The fourth-order valence-corrected chi connectivity index (χ4v) is 2.71. The van der Waals surface area contributed by atoms with Crippen molar-refractivity contribution < 1.29 is 13.6 Å². The van der Waals surface area contributed by atoms with Crippen molar-refractivity contribution in [3.63, 3.8) is 0 Å².